The molecule has 6 nitrogen and oxygen atoms in total. The second kappa shape index (κ2) is 6.58. The largest absolute Gasteiger partial charge is 0.480 e. The van der Waals surface area contributed by atoms with E-state index in [0.717, 1.165) is 5.69 Å². The number of hydrogen-bond acceptors (Lipinski definition) is 6. The zero-order chi connectivity index (χ0) is 12.8. The maximum absolute atomic E-state index is 11.4. The fraction of sp³-hybridized carbons (Fsp3) is 0.444. The number of aromatic nitrogens is 1. The summed E-state index contributed by atoms with van der Waals surface area (Å²) in [5.41, 5.74) is 6.15. The minimum absolute atomic E-state index is 0.166. The number of carboxylic acid groups (broad SMARTS) is 1. The lowest BCUT2D eigenvalue weighted by molar-refractivity contribution is -0.137. The summed E-state index contributed by atoms with van der Waals surface area (Å²) >= 11 is 2.53. The third kappa shape index (κ3) is 5.16. The molecule has 94 valence electrons. The first-order chi connectivity index (χ1) is 7.99. The van der Waals surface area contributed by atoms with E-state index in [9.17, 15) is 9.59 Å². The highest BCUT2D eigenvalue weighted by molar-refractivity contribution is 8.00. The fourth-order valence-electron chi connectivity index (χ4n) is 0.917. The molecule has 1 amide bonds. The normalized spacial score (nSPS) is 12.1. The van der Waals surface area contributed by atoms with E-state index < -0.39 is 12.0 Å². The van der Waals surface area contributed by atoms with Crippen molar-refractivity contribution in [2.45, 2.75) is 13.0 Å². The molecule has 1 aromatic rings. The number of nitrogens with zero attached hydrogens (tertiary/aromatic N) is 1. The summed E-state index contributed by atoms with van der Waals surface area (Å²) in [6.07, 6.45) is 0. The number of rotatable bonds is 6. The van der Waals surface area contributed by atoms with E-state index in [-0.39, 0.29) is 17.4 Å². The topological polar surface area (TPSA) is 105 Å². The van der Waals surface area contributed by atoms with Gasteiger partial charge >= 0.3 is 5.97 Å². The smallest absolute Gasteiger partial charge is 0.321 e. The van der Waals surface area contributed by atoms with Gasteiger partial charge in [-0.05, 0) is 6.92 Å². The van der Waals surface area contributed by atoms with Crippen LogP contribution in [0.3, 0.4) is 0 Å². The van der Waals surface area contributed by atoms with Gasteiger partial charge in [-0.25, -0.2) is 4.98 Å². The summed E-state index contributed by atoms with van der Waals surface area (Å²) in [5.74, 6) is -0.894. The molecule has 1 aromatic heterocycles. The summed E-state index contributed by atoms with van der Waals surface area (Å²) in [5, 5.41) is 13.6. The molecule has 1 heterocycles. The molecule has 0 unspecified atom stereocenters. The van der Waals surface area contributed by atoms with Crippen LogP contribution in [0.5, 0.6) is 0 Å². The van der Waals surface area contributed by atoms with E-state index in [1.54, 1.807) is 0 Å². The van der Waals surface area contributed by atoms with Crippen molar-refractivity contribution in [3.05, 3.63) is 11.1 Å². The maximum Gasteiger partial charge on any atom is 0.321 e. The van der Waals surface area contributed by atoms with Crippen molar-refractivity contribution in [2.24, 2.45) is 5.73 Å². The van der Waals surface area contributed by atoms with Crippen LogP contribution in [-0.2, 0) is 9.59 Å². The van der Waals surface area contributed by atoms with Crippen LogP contribution in [0.4, 0.5) is 5.13 Å². The van der Waals surface area contributed by atoms with Crippen molar-refractivity contribution in [1.29, 1.82) is 0 Å². The van der Waals surface area contributed by atoms with Crippen molar-refractivity contribution in [1.82, 2.24) is 4.98 Å². The van der Waals surface area contributed by atoms with Crippen LogP contribution in [0.2, 0.25) is 0 Å². The monoisotopic (exact) mass is 275 g/mol. The van der Waals surface area contributed by atoms with Crippen molar-refractivity contribution in [3.8, 4) is 0 Å². The van der Waals surface area contributed by atoms with Crippen LogP contribution in [0.1, 0.15) is 5.69 Å². The SMILES string of the molecule is Cc1csc(NC(=O)CSC[C@@H](N)C(=O)O)n1. The molecule has 17 heavy (non-hydrogen) atoms. The molecule has 0 aliphatic heterocycles. The summed E-state index contributed by atoms with van der Waals surface area (Å²) < 4.78 is 0. The number of nitrogens with one attached hydrogen (secondary N) is 1. The van der Waals surface area contributed by atoms with E-state index in [0.29, 0.717) is 5.13 Å². The predicted molar refractivity (Wildman–Crippen MR) is 68.4 cm³/mol. The van der Waals surface area contributed by atoms with Crippen molar-refractivity contribution >= 4 is 40.1 Å². The quantitative estimate of drug-likeness (QED) is 0.699. The van der Waals surface area contributed by atoms with Gasteiger partial charge < -0.3 is 16.2 Å². The second-order valence-corrected chi connectivity index (χ2v) is 5.19. The van der Waals surface area contributed by atoms with Gasteiger partial charge in [-0.15, -0.1) is 23.1 Å². The van der Waals surface area contributed by atoms with Gasteiger partial charge in [-0.1, -0.05) is 0 Å². The summed E-state index contributed by atoms with van der Waals surface area (Å²) in [6.45, 7) is 1.84. The van der Waals surface area contributed by atoms with Gasteiger partial charge in [-0.3, -0.25) is 9.59 Å². The minimum atomic E-state index is -1.06. The zero-order valence-corrected chi connectivity index (χ0v) is 10.8. The molecule has 1 rings (SSSR count). The molecule has 8 heteroatoms. The van der Waals surface area contributed by atoms with Gasteiger partial charge in [0.1, 0.15) is 6.04 Å². The van der Waals surface area contributed by atoms with Crippen molar-refractivity contribution < 1.29 is 14.7 Å². The molecular weight excluding hydrogens is 262 g/mol. The Morgan fingerprint density at radius 1 is 1.71 bits per heavy atom. The highest BCUT2D eigenvalue weighted by Gasteiger charge is 2.12. The number of carbonyl (C=O) groups is 2. The molecule has 0 bridgehead atoms. The Bertz CT molecular complexity index is 408. The van der Waals surface area contributed by atoms with Crippen LogP contribution < -0.4 is 11.1 Å². The number of thioether (sulfide) groups is 1. The Balaban J connectivity index is 2.24. The fourth-order valence-corrected chi connectivity index (χ4v) is 2.39. The third-order valence-corrected chi connectivity index (χ3v) is 3.65. The number of hydrogen-bond donors (Lipinski definition) is 3. The molecule has 0 aliphatic rings. The molecule has 0 spiro atoms. The number of amides is 1. The van der Waals surface area contributed by atoms with Gasteiger partial charge in [0.15, 0.2) is 5.13 Å². The predicted octanol–water partition coefficient (Wildman–Crippen LogP) is 0.535. The Hall–Kier alpha value is -1.12. The van der Waals surface area contributed by atoms with E-state index in [2.05, 4.69) is 10.3 Å². The van der Waals surface area contributed by atoms with Gasteiger partial charge in [0.05, 0.1) is 11.4 Å². The molecule has 4 N–H and O–H groups in total. The van der Waals surface area contributed by atoms with Gasteiger partial charge in [-0.2, -0.15) is 0 Å². The second-order valence-electron chi connectivity index (χ2n) is 3.30. The Kier molecular flexibility index (Phi) is 5.39. The van der Waals surface area contributed by atoms with Crippen molar-refractivity contribution in [2.75, 3.05) is 16.8 Å². The van der Waals surface area contributed by atoms with E-state index in [1.807, 2.05) is 12.3 Å². The third-order valence-electron chi connectivity index (χ3n) is 1.71. The number of thiazole rings is 1. The highest BCUT2D eigenvalue weighted by Crippen LogP contribution is 2.14. The number of carbonyl (C=O) groups excluding carboxylic acids is 1. The summed E-state index contributed by atoms with van der Waals surface area (Å²) in [6, 6.07) is -0.935. The zero-order valence-electron chi connectivity index (χ0n) is 9.17. The van der Waals surface area contributed by atoms with E-state index in [4.69, 9.17) is 10.8 Å². The highest BCUT2D eigenvalue weighted by atomic mass is 32.2. The Labute approximate surface area is 107 Å². The molecule has 0 aliphatic carbocycles. The van der Waals surface area contributed by atoms with E-state index in [1.165, 1.54) is 23.1 Å². The number of anilines is 1. The number of aryl methyl sites for hydroxylation is 1. The number of aliphatic carboxylic acids is 1. The van der Waals surface area contributed by atoms with Crippen LogP contribution in [0.25, 0.3) is 0 Å². The summed E-state index contributed by atoms with van der Waals surface area (Å²) in [4.78, 5) is 25.9. The standard InChI is InChI=1S/C9H13N3O3S2/c1-5-2-17-9(11-5)12-7(13)4-16-3-6(10)8(14)15/h2,6H,3-4,10H2,1H3,(H,14,15)(H,11,12,13)/t6-/m1/s1. The molecule has 1 atom stereocenters. The van der Waals surface area contributed by atoms with Crippen LogP contribution in [0.15, 0.2) is 5.38 Å². The van der Waals surface area contributed by atoms with Gasteiger partial charge in [0, 0.05) is 11.1 Å². The lowest BCUT2D eigenvalue weighted by Crippen LogP contribution is -2.33. The Morgan fingerprint density at radius 2 is 2.41 bits per heavy atom. The minimum Gasteiger partial charge on any atom is -0.480 e. The first-order valence-electron chi connectivity index (χ1n) is 4.77. The van der Waals surface area contributed by atoms with E-state index >= 15 is 0 Å². The molecule has 0 fully saturated rings. The number of carboxylic acids is 1. The average molecular weight is 275 g/mol. The summed E-state index contributed by atoms with van der Waals surface area (Å²) in [7, 11) is 0. The molecule has 0 aromatic carbocycles. The lowest BCUT2D eigenvalue weighted by Gasteiger charge is -2.05. The maximum atomic E-state index is 11.4. The van der Waals surface area contributed by atoms with Crippen molar-refractivity contribution in [3.63, 3.8) is 0 Å². The average Bonchev–Trinajstić information content (AvgIpc) is 2.63. The molecule has 0 saturated heterocycles. The first-order valence-corrected chi connectivity index (χ1v) is 6.80. The molecular formula is C9H13N3O3S2. The van der Waals surface area contributed by atoms with Crippen LogP contribution in [0, 0.1) is 6.92 Å². The molecule has 0 saturated carbocycles. The van der Waals surface area contributed by atoms with Crippen LogP contribution in [-0.4, -0.2) is 39.5 Å². The number of nitrogens with two attached hydrogens (primary N) is 1. The van der Waals surface area contributed by atoms with Crippen LogP contribution >= 0.6 is 23.1 Å². The Morgan fingerprint density at radius 3 is 2.94 bits per heavy atom. The lowest BCUT2D eigenvalue weighted by atomic mass is 10.4. The van der Waals surface area contributed by atoms with Gasteiger partial charge in [0.2, 0.25) is 5.91 Å². The molecule has 0 radical (unpaired) electrons. The first kappa shape index (κ1) is 13.9. The van der Waals surface area contributed by atoms with Gasteiger partial charge in [0.25, 0.3) is 0 Å².